The number of ether oxygens (including phenoxy) is 2. The van der Waals surface area contributed by atoms with Gasteiger partial charge < -0.3 is 14.8 Å². The summed E-state index contributed by atoms with van der Waals surface area (Å²) in [5.41, 5.74) is 0.997. The van der Waals surface area contributed by atoms with E-state index < -0.39 is 0 Å². The number of nitrogens with one attached hydrogen (secondary N) is 1. The maximum atomic E-state index is 11.3. The second-order valence-corrected chi connectivity index (χ2v) is 5.29. The Labute approximate surface area is 138 Å². The smallest absolute Gasteiger partial charge is 0.234 e. The molecular formula is C18H26N2O3. The molecule has 0 aliphatic heterocycles. The SMILES string of the molecule is CCCCCCOc1c(CCNC(=O)CC#N)cccc1OC. The van der Waals surface area contributed by atoms with Crippen molar-refractivity contribution >= 4 is 5.91 Å². The maximum Gasteiger partial charge on any atom is 0.234 e. The van der Waals surface area contributed by atoms with Gasteiger partial charge in [0, 0.05) is 6.54 Å². The summed E-state index contributed by atoms with van der Waals surface area (Å²) in [6.45, 7) is 3.31. The molecule has 0 spiro atoms. The molecule has 0 saturated carbocycles. The zero-order valence-corrected chi connectivity index (χ0v) is 14.1. The van der Waals surface area contributed by atoms with Gasteiger partial charge in [0.2, 0.25) is 5.91 Å². The van der Waals surface area contributed by atoms with Gasteiger partial charge in [0.05, 0.1) is 19.8 Å². The Bertz CT molecular complexity index is 523. The molecule has 0 heterocycles. The van der Waals surface area contributed by atoms with E-state index in [-0.39, 0.29) is 12.3 Å². The first-order valence-corrected chi connectivity index (χ1v) is 8.15. The molecule has 0 aliphatic carbocycles. The number of unbranched alkanes of at least 4 members (excludes halogenated alkanes) is 3. The number of amides is 1. The van der Waals surface area contributed by atoms with Crippen LogP contribution in [0.15, 0.2) is 18.2 Å². The van der Waals surface area contributed by atoms with Crippen LogP contribution in [0.2, 0.25) is 0 Å². The molecule has 0 aromatic heterocycles. The number of carbonyl (C=O) groups excluding carboxylic acids is 1. The molecule has 126 valence electrons. The fourth-order valence-electron chi connectivity index (χ4n) is 2.26. The minimum absolute atomic E-state index is 0.112. The number of para-hydroxylation sites is 1. The van der Waals surface area contributed by atoms with Crippen LogP contribution in [-0.2, 0) is 11.2 Å². The van der Waals surface area contributed by atoms with Crippen molar-refractivity contribution in [3.63, 3.8) is 0 Å². The van der Waals surface area contributed by atoms with Gasteiger partial charge >= 0.3 is 0 Å². The topological polar surface area (TPSA) is 71.3 Å². The van der Waals surface area contributed by atoms with Crippen LogP contribution in [0.25, 0.3) is 0 Å². The highest BCUT2D eigenvalue weighted by Crippen LogP contribution is 2.31. The van der Waals surface area contributed by atoms with Crippen molar-refractivity contribution in [2.24, 2.45) is 0 Å². The number of rotatable bonds is 11. The summed E-state index contributed by atoms with van der Waals surface area (Å²) >= 11 is 0. The van der Waals surface area contributed by atoms with Gasteiger partial charge in [0.15, 0.2) is 11.5 Å². The van der Waals surface area contributed by atoms with Crippen LogP contribution in [0.1, 0.15) is 44.6 Å². The Kier molecular flexibility index (Phi) is 9.30. The zero-order valence-electron chi connectivity index (χ0n) is 14.1. The summed E-state index contributed by atoms with van der Waals surface area (Å²) in [5.74, 6) is 1.21. The number of hydrogen-bond donors (Lipinski definition) is 1. The molecule has 5 nitrogen and oxygen atoms in total. The first kappa shape index (κ1) is 18.8. The molecule has 0 aliphatic rings. The van der Waals surface area contributed by atoms with Crippen LogP contribution in [0.5, 0.6) is 11.5 Å². The summed E-state index contributed by atoms with van der Waals surface area (Å²) in [7, 11) is 1.62. The van der Waals surface area contributed by atoms with E-state index in [2.05, 4.69) is 12.2 Å². The lowest BCUT2D eigenvalue weighted by atomic mass is 10.1. The van der Waals surface area contributed by atoms with Crippen LogP contribution < -0.4 is 14.8 Å². The second kappa shape index (κ2) is 11.4. The average molecular weight is 318 g/mol. The van der Waals surface area contributed by atoms with E-state index in [1.165, 1.54) is 12.8 Å². The average Bonchev–Trinajstić information content (AvgIpc) is 2.55. The fourth-order valence-corrected chi connectivity index (χ4v) is 2.26. The third kappa shape index (κ3) is 7.05. The van der Waals surface area contributed by atoms with Gasteiger partial charge in [0.25, 0.3) is 0 Å². The summed E-state index contributed by atoms with van der Waals surface area (Å²) in [6, 6.07) is 7.59. The molecule has 0 bridgehead atoms. The van der Waals surface area contributed by atoms with Gasteiger partial charge in [0.1, 0.15) is 6.42 Å². The van der Waals surface area contributed by atoms with Crippen molar-refractivity contribution < 1.29 is 14.3 Å². The predicted molar refractivity (Wildman–Crippen MR) is 89.6 cm³/mol. The largest absolute Gasteiger partial charge is 0.493 e. The summed E-state index contributed by atoms with van der Waals surface area (Å²) in [6.07, 6.45) is 5.11. The quantitative estimate of drug-likeness (QED) is 0.636. The van der Waals surface area contributed by atoms with Gasteiger partial charge in [-0.3, -0.25) is 4.79 Å². The number of methoxy groups -OCH3 is 1. The molecule has 0 unspecified atom stereocenters. The molecule has 0 radical (unpaired) electrons. The fraction of sp³-hybridized carbons (Fsp3) is 0.556. The minimum Gasteiger partial charge on any atom is -0.493 e. The lowest BCUT2D eigenvalue weighted by Crippen LogP contribution is -2.25. The van der Waals surface area contributed by atoms with Gasteiger partial charge in [-0.05, 0) is 24.5 Å². The monoisotopic (exact) mass is 318 g/mol. The molecule has 1 aromatic carbocycles. The molecule has 1 amide bonds. The van der Waals surface area contributed by atoms with Crippen LogP contribution in [0, 0.1) is 11.3 Å². The minimum atomic E-state index is -0.252. The van der Waals surface area contributed by atoms with Crippen molar-refractivity contribution in [1.82, 2.24) is 5.32 Å². The van der Waals surface area contributed by atoms with Crippen molar-refractivity contribution in [3.05, 3.63) is 23.8 Å². The Morgan fingerprint density at radius 1 is 1.30 bits per heavy atom. The number of hydrogen-bond acceptors (Lipinski definition) is 4. The first-order chi connectivity index (χ1) is 11.2. The zero-order chi connectivity index (χ0) is 16.9. The lowest BCUT2D eigenvalue weighted by molar-refractivity contribution is -0.120. The third-order valence-electron chi connectivity index (χ3n) is 3.48. The molecule has 0 atom stereocenters. The highest BCUT2D eigenvalue weighted by Gasteiger charge is 2.11. The van der Waals surface area contributed by atoms with Crippen molar-refractivity contribution in [3.8, 4) is 17.6 Å². The Hall–Kier alpha value is -2.22. The van der Waals surface area contributed by atoms with Crippen molar-refractivity contribution in [1.29, 1.82) is 5.26 Å². The van der Waals surface area contributed by atoms with E-state index in [0.717, 1.165) is 24.2 Å². The Balaban J connectivity index is 2.59. The van der Waals surface area contributed by atoms with E-state index in [1.54, 1.807) is 7.11 Å². The summed E-state index contributed by atoms with van der Waals surface area (Å²) in [5, 5.41) is 11.2. The van der Waals surface area contributed by atoms with Crippen LogP contribution in [0.4, 0.5) is 0 Å². The van der Waals surface area contributed by atoms with Crippen molar-refractivity contribution in [2.75, 3.05) is 20.3 Å². The van der Waals surface area contributed by atoms with E-state index in [1.807, 2.05) is 24.3 Å². The van der Waals surface area contributed by atoms with Gasteiger partial charge in [-0.1, -0.05) is 38.3 Å². The van der Waals surface area contributed by atoms with E-state index >= 15 is 0 Å². The van der Waals surface area contributed by atoms with E-state index in [4.69, 9.17) is 14.7 Å². The standard InChI is InChI=1S/C18H26N2O3/c1-3-4-5-6-14-23-18-15(8-7-9-16(18)22-2)11-13-20-17(21)10-12-19/h7-9H,3-6,10-11,13-14H2,1-2H3,(H,20,21). The normalized spacial score (nSPS) is 9.96. The van der Waals surface area contributed by atoms with Gasteiger partial charge in [-0.2, -0.15) is 5.26 Å². The van der Waals surface area contributed by atoms with Crippen LogP contribution in [0.3, 0.4) is 0 Å². The highest BCUT2D eigenvalue weighted by atomic mass is 16.5. The molecule has 1 rings (SSSR count). The number of nitriles is 1. The van der Waals surface area contributed by atoms with E-state index in [0.29, 0.717) is 25.3 Å². The van der Waals surface area contributed by atoms with Gasteiger partial charge in [-0.15, -0.1) is 0 Å². The predicted octanol–water partition coefficient (Wildman–Crippen LogP) is 3.23. The number of carbonyl (C=O) groups is 1. The first-order valence-electron chi connectivity index (χ1n) is 8.15. The molecule has 0 fully saturated rings. The third-order valence-corrected chi connectivity index (χ3v) is 3.48. The molecule has 23 heavy (non-hydrogen) atoms. The number of benzene rings is 1. The summed E-state index contributed by atoms with van der Waals surface area (Å²) < 4.78 is 11.3. The summed E-state index contributed by atoms with van der Waals surface area (Å²) in [4.78, 5) is 11.3. The van der Waals surface area contributed by atoms with Gasteiger partial charge in [-0.25, -0.2) is 0 Å². The molecule has 1 aromatic rings. The Morgan fingerprint density at radius 2 is 2.13 bits per heavy atom. The lowest BCUT2D eigenvalue weighted by Gasteiger charge is -2.15. The van der Waals surface area contributed by atoms with Crippen LogP contribution in [-0.4, -0.2) is 26.2 Å². The molecule has 5 heteroatoms. The van der Waals surface area contributed by atoms with Crippen molar-refractivity contribution in [2.45, 2.75) is 45.4 Å². The molecular weight excluding hydrogens is 292 g/mol. The molecule has 0 saturated heterocycles. The maximum absolute atomic E-state index is 11.3. The second-order valence-electron chi connectivity index (χ2n) is 5.29. The van der Waals surface area contributed by atoms with E-state index in [9.17, 15) is 4.79 Å². The number of nitrogens with zero attached hydrogens (tertiary/aromatic N) is 1. The highest BCUT2D eigenvalue weighted by molar-refractivity contribution is 5.77. The molecule has 1 N–H and O–H groups in total. The van der Waals surface area contributed by atoms with Crippen LogP contribution >= 0.6 is 0 Å². The Morgan fingerprint density at radius 3 is 2.83 bits per heavy atom.